The lowest BCUT2D eigenvalue weighted by Crippen LogP contribution is -2.50. The third kappa shape index (κ3) is 4.08. The number of ether oxygens (including phenoxy) is 1. The minimum absolute atomic E-state index is 0.0769. The number of aliphatic carboxylic acids is 1. The zero-order valence-electron chi connectivity index (χ0n) is 15.2. The van der Waals surface area contributed by atoms with Crippen LogP contribution >= 0.6 is 11.6 Å². The van der Waals surface area contributed by atoms with Gasteiger partial charge in [-0.25, -0.2) is 0 Å². The fourth-order valence-corrected chi connectivity index (χ4v) is 3.58. The fraction of sp³-hybridized carbons (Fsp3) is 0.333. The van der Waals surface area contributed by atoms with Crippen molar-refractivity contribution in [2.45, 2.75) is 25.2 Å². The molecular formula is C21H22ClNO4. The van der Waals surface area contributed by atoms with Gasteiger partial charge in [0.1, 0.15) is 5.75 Å². The molecule has 0 radical (unpaired) electrons. The summed E-state index contributed by atoms with van der Waals surface area (Å²) in [4.78, 5) is 26.1. The molecule has 1 fully saturated rings. The minimum Gasteiger partial charge on any atom is -0.484 e. The van der Waals surface area contributed by atoms with E-state index in [-0.39, 0.29) is 12.5 Å². The first-order valence-electron chi connectivity index (χ1n) is 8.88. The maximum absolute atomic E-state index is 12.5. The highest BCUT2D eigenvalue weighted by atomic mass is 35.5. The zero-order valence-corrected chi connectivity index (χ0v) is 15.9. The van der Waals surface area contributed by atoms with E-state index in [9.17, 15) is 14.7 Å². The van der Waals surface area contributed by atoms with Gasteiger partial charge in [-0.3, -0.25) is 9.59 Å². The summed E-state index contributed by atoms with van der Waals surface area (Å²) in [5.41, 5.74) is 0.734. The molecule has 0 aliphatic carbocycles. The third-order valence-corrected chi connectivity index (χ3v) is 5.62. The number of carbonyl (C=O) groups is 2. The van der Waals surface area contributed by atoms with Crippen molar-refractivity contribution in [3.63, 3.8) is 0 Å². The van der Waals surface area contributed by atoms with Crippen molar-refractivity contribution in [1.82, 2.24) is 4.90 Å². The molecule has 27 heavy (non-hydrogen) atoms. The second-order valence-electron chi connectivity index (χ2n) is 6.83. The molecule has 1 amide bonds. The molecule has 1 N–H and O–H groups in total. The number of carboxylic acids is 1. The van der Waals surface area contributed by atoms with Crippen molar-refractivity contribution < 1.29 is 19.4 Å². The van der Waals surface area contributed by atoms with E-state index in [1.54, 1.807) is 23.1 Å². The molecule has 3 rings (SSSR count). The number of amides is 1. The van der Waals surface area contributed by atoms with Gasteiger partial charge in [0.15, 0.2) is 6.61 Å². The van der Waals surface area contributed by atoms with Gasteiger partial charge in [-0.1, -0.05) is 41.9 Å². The van der Waals surface area contributed by atoms with E-state index in [1.165, 1.54) is 0 Å². The summed E-state index contributed by atoms with van der Waals surface area (Å²) in [7, 11) is 0. The number of halogens is 1. The Labute approximate surface area is 163 Å². The number of nitrogens with zero attached hydrogens (tertiary/aromatic N) is 1. The number of carbonyl (C=O) groups excluding carboxylic acids is 1. The number of carboxylic acid groups (broad SMARTS) is 1. The van der Waals surface area contributed by atoms with Gasteiger partial charge in [0.2, 0.25) is 0 Å². The van der Waals surface area contributed by atoms with Gasteiger partial charge in [-0.15, -0.1) is 0 Å². The van der Waals surface area contributed by atoms with Crippen LogP contribution in [-0.4, -0.2) is 41.6 Å². The summed E-state index contributed by atoms with van der Waals surface area (Å²) < 4.78 is 5.57. The first-order valence-corrected chi connectivity index (χ1v) is 9.26. The molecule has 2 aromatic carbocycles. The smallest absolute Gasteiger partial charge is 0.314 e. The van der Waals surface area contributed by atoms with Gasteiger partial charge in [-0.2, -0.15) is 0 Å². The van der Waals surface area contributed by atoms with Crippen LogP contribution in [0.2, 0.25) is 5.02 Å². The zero-order chi connectivity index (χ0) is 19.4. The molecule has 142 valence electrons. The average molecular weight is 388 g/mol. The number of rotatable bonds is 5. The van der Waals surface area contributed by atoms with Gasteiger partial charge in [-0.05, 0) is 49.1 Å². The Balaban J connectivity index is 1.61. The van der Waals surface area contributed by atoms with Gasteiger partial charge >= 0.3 is 5.97 Å². The summed E-state index contributed by atoms with van der Waals surface area (Å²) in [6, 6.07) is 14.5. The van der Waals surface area contributed by atoms with Crippen LogP contribution in [0.25, 0.3) is 0 Å². The Morgan fingerprint density at radius 2 is 1.81 bits per heavy atom. The van der Waals surface area contributed by atoms with Crippen LogP contribution < -0.4 is 4.74 Å². The second kappa shape index (κ2) is 8.01. The average Bonchev–Trinajstić information content (AvgIpc) is 2.69. The van der Waals surface area contributed by atoms with Crippen LogP contribution in [-0.2, 0) is 15.0 Å². The van der Waals surface area contributed by atoms with Crippen molar-refractivity contribution in [2.75, 3.05) is 19.7 Å². The highest BCUT2D eigenvalue weighted by molar-refractivity contribution is 6.31. The quantitative estimate of drug-likeness (QED) is 0.850. The maximum atomic E-state index is 12.5. The van der Waals surface area contributed by atoms with E-state index in [0.717, 1.165) is 11.1 Å². The normalized spacial score (nSPS) is 16.0. The first kappa shape index (κ1) is 19.2. The van der Waals surface area contributed by atoms with Crippen LogP contribution in [0.4, 0.5) is 0 Å². The predicted octanol–water partition coefficient (Wildman–Crippen LogP) is 3.67. The van der Waals surface area contributed by atoms with E-state index >= 15 is 0 Å². The lowest BCUT2D eigenvalue weighted by atomic mass is 9.73. The predicted molar refractivity (Wildman–Crippen MR) is 103 cm³/mol. The van der Waals surface area contributed by atoms with Crippen LogP contribution in [0.15, 0.2) is 48.5 Å². The molecule has 0 saturated carbocycles. The fourth-order valence-electron chi connectivity index (χ4n) is 3.46. The lowest BCUT2D eigenvalue weighted by molar-refractivity contribution is -0.148. The van der Waals surface area contributed by atoms with Crippen LogP contribution in [0.5, 0.6) is 5.75 Å². The summed E-state index contributed by atoms with van der Waals surface area (Å²) in [6.45, 7) is 2.58. The second-order valence-corrected chi connectivity index (χ2v) is 7.24. The molecule has 1 aliphatic rings. The number of likely N-dealkylation sites (tertiary alicyclic amines) is 1. The summed E-state index contributed by atoms with van der Waals surface area (Å²) >= 11 is 5.99. The highest BCUT2D eigenvalue weighted by Gasteiger charge is 2.43. The number of benzene rings is 2. The van der Waals surface area contributed by atoms with Gasteiger partial charge in [0.25, 0.3) is 5.91 Å². The van der Waals surface area contributed by atoms with E-state index in [4.69, 9.17) is 16.3 Å². The molecule has 1 saturated heterocycles. The molecule has 1 heterocycles. The monoisotopic (exact) mass is 387 g/mol. The number of hydrogen-bond donors (Lipinski definition) is 1. The molecule has 2 aromatic rings. The molecular weight excluding hydrogens is 366 g/mol. The SMILES string of the molecule is Cc1cc(OCC(=O)N2CCC(C(=O)O)(c3ccccc3)CC2)ccc1Cl. The Kier molecular flexibility index (Phi) is 5.71. The first-order chi connectivity index (χ1) is 12.9. The number of piperidine rings is 1. The number of hydrogen-bond acceptors (Lipinski definition) is 3. The summed E-state index contributed by atoms with van der Waals surface area (Å²) in [6.07, 6.45) is 0.774. The summed E-state index contributed by atoms with van der Waals surface area (Å²) in [5, 5.41) is 10.5. The standard InChI is InChI=1S/C21H22ClNO4/c1-15-13-17(7-8-18(15)22)27-14-19(24)23-11-9-21(10-12-23,20(25)26)16-5-3-2-4-6-16/h2-8,13H,9-12,14H2,1H3,(H,25,26). The Bertz CT molecular complexity index is 829. The van der Waals surface area contributed by atoms with Crippen molar-refractivity contribution in [3.05, 3.63) is 64.7 Å². The van der Waals surface area contributed by atoms with Gasteiger partial charge in [0, 0.05) is 18.1 Å². The van der Waals surface area contributed by atoms with Crippen molar-refractivity contribution in [2.24, 2.45) is 0 Å². The van der Waals surface area contributed by atoms with Crippen molar-refractivity contribution in [1.29, 1.82) is 0 Å². The van der Waals surface area contributed by atoms with Gasteiger partial charge in [0.05, 0.1) is 5.41 Å². The van der Waals surface area contributed by atoms with Crippen LogP contribution in [0.3, 0.4) is 0 Å². The Hall–Kier alpha value is -2.53. The molecule has 1 aliphatic heterocycles. The molecule has 0 bridgehead atoms. The lowest BCUT2D eigenvalue weighted by Gasteiger charge is -2.39. The maximum Gasteiger partial charge on any atom is 0.314 e. The van der Waals surface area contributed by atoms with E-state index in [2.05, 4.69) is 0 Å². The Morgan fingerprint density at radius 1 is 1.15 bits per heavy atom. The summed E-state index contributed by atoms with van der Waals surface area (Å²) in [5.74, 6) is -0.394. The third-order valence-electron chi connectivity index (χ3n) is 5.20. The van der Waals surface area contributed by atoms with E-state index in [0.29, 0.717) is 36.7 Å². The molecule has 0 spiro atoms. The number of aryl methyl sites for hydroxylation is 1. The topological polar surface area (TPSA) is 66.8 Å². The van der Waals surface area contributed by atoms with Crippen molar-refractivity contribution in [3.8, 4) is 5.75 Å². The van der Waals surface area contributed by atoms with Crippen molar-refractivity contribution >= 4 is 23.5 Å². The molecule has 0 atom stereocenters. The van der Waals surface area contributed by atoms with Crippen LogP contribution in [0, 0.1) is 6.92 Å². The van der Waals surface area contributed by atoms with Crippen LogP contribution in [0.1, 0.15) is 24.0 Å². The molecule has 6 heteroatoms. The Morgan fingerprint density at radius 3 is 2.41 bits per heavy atom. The van der Waals surface area contributed by atoms with E-state index < -0.39 is 11.4 Å². The van der Waals surface area contributed by atoms with Gasteiger partial charge < -0.3 is 14.7 Å². The molecule has 0 aromatic heterocycles. The molecule has 5 nitrogen and oxygen atoms in total. The minimum atomic E-state index is -0.938. The highest BCUT2D eigenvalue weighted by Crippen LogP contribution is 2.36. The van der Waals surface area contributed by atoms with E-state index in [1.807, 2.05) is 37.3 Å². The molecule has 0 unspecified atom stereocenters. The largest absolute Gasteiger partial charge is 0.484 e.